The Morgan fingerprint density at radius 2 is 2.00 bits per heavy atom. The van der Waals surface area contributed by atoms with Gasteiger partial charge in [0.25, 0.3) is 0 Å². The number of fused-ring (bicyclic) bond motifs is 1. The van der Waals surface area contributed by atoms with Crippen LogP contribution in [0.2, 0.25) is 0 Å². The minimum atomic E-state index is -0.748. The number of allylic oxidation sites excluding steroid dienone is 5. The predicted molar refractivity (Wildman–Crippen MR) is 71.3 cm³/mol. The van der Waals surface area contributed by atoms with Gasteiger partial charge in [-0.05, 0) is 36.1 Å². The van der Waals surface area contributed by atoms with Crippen LogP contribution >= 0.6 is 11.8 Å². The lowest BCUT2D eigenvalue weighted by molar-refractivity contribution is 0.501. The Bertz CT molecular complexity index is 582. The van der Waals surface area contributed by atoms with Gasteiger partial charge in [0.15, 0.2) is 11.6 Å². The highest BCUT2D eigenvalue weighted by Crippen LogP contribution is 2.36. The van der Waals surface area contributed by atoms with Crippen LogP contribution in [0.4, 0.5) is 8.78 Å². The maximum atomic E-state index is 13.8. The molecule has 1 aliphatic carbocycles. The van der Waals surface area contributed by atoms with Crippen LogP contribution in [0.1, 0.15) is 17.5 Å². The van der Waals surface area contributed by atoms with Crippen molar-refractivity contribution >= 4 is 11.8 Å². The van der Waals surface area contributed by atoms with Crippen LogP contribution in [0.5, 0.6) is 0 Å². The Labute approximate surface area is 109 Å². The number of thioether (sulfide) groups is 1. The van der Waals surface area contributed by atoms with Gasteiger partial charge in [-0.15, -0.1) is 11.8 Å². The van der Waals surface area contributed by atoms with Crippen molar-refractivity contribution in [3.63, 3.8) is 0 Å². The lowest BCUT2D eigenvalue weighted by Gasteiger charge is -2.08. The van der Waals surface area contributed by atoms with Gasteiger partial charge in [-0.2, -0.15) is 0 Å². The SMILES string of the molecule is Fc1ccc2c(c1F)CSC1=C(CC=CC=C1)C2. The largest absolute Gasteiger partial charge is 0.204 e. The predicted octanol–water partition coefficient (Wildman–Crippen LogP) is 4.52. The zero-order valence-electron chi connectivity index (χ0n) is 9.75. The lowest BCUT2D eigenvalue weighted by atomic mass is 9.98. The van der Waals surface area contributed by atoms with Gasteiger partial charge in [-0.25, -0.2) is 8.78 Å². The Morgan fingerprint density at radius 3 is 2.89 bits per heavy atom. The fourth-order valence-corrected chi connectivity index (χ4v) is 3.44. The van der Waals surface area contributed by atoms with Crippen LogP contribution in [0, 0.1) is 11.6 Å². The minimum absolute atomic E-state index is 0.502. The molecule has 1 aromatic carbocycles. The van der Waals surface area contributed by atoms with Gasteiger partial charge >= 0.3 is 0 Å². The second-order valence-corrected chi connectivity index (χ2v) is 5.44. The zero-order chi connectivity index (χ0) is 12.5. The topological polar surface area (TPSA) is 0 Å². The van der Waals surface area contributed by atoms with Crippen molar-refractivity contribution in [2.75, 3.05) is 0 Å². The Morgan fingerprint density at radius 1 is 1.11 bits per heavy atom. The zero-order valence-corrected chi connectivity index (χ0v) is 10.6. The standard InChI is InChI=1S/C15H12F2S/c16-13-7-6-10-8-11-4-2-1-3-5-14(11)18-9-12(10)15(13)17/h1-3,5-7H,4,8-9H2. The van der Waals surface area contributed by atoms with Gasteiger partial charge in [0.2, 0.25) is 0 Å². The molecule has 3 heteroatoms. The summed E-state index contributed by atoms with van der Waals surface area (Å²) < 4.78 is 27.0. The summed E-state index contributed by atoms with van der Waals surface area (Å²) in [4.78, 5) is 1.19. The van der Waals surface area contributed by atoms with E-state index < -0.39 is 11.6 Å². The van der Waals surface area contributed by atoms with Crippen molar-refractivity contribution in [2.45, 2.75) is 18.6 Å². The van der Waals surface area contributed by atoms with Crippen molar-refractivity contribution in [1.29, 1.82) is 0 Å². The molecular weight excluding hydrogens is 250 g/mol. The molecule has 0 nitrogen and oxygen atoms in total. The molecule has 0 unspecified atom stereocenters. The third kappa shape index (κ3) is 2.03. The van der Waals surface area contributed by atoms with Crippen molar-refractivity contribution in [3.8, 4) is 0 Å². The molecule has 0 atom stereocenters. The molecule has 0 fully saturated rings. The van der Waals surface area contributed by atoms with E-state index in [0.29, 0.717) is 17.7 Å². The van der Waals surface area contributed by atoms with Gasteiger partial charge in [0.05, 0.1) is 0 Å². The van der Waals surface area contributed by atoms with Crippen LogP contribution in [0.15, 0.2) is 46.9 Å². The van der Waals surface area contributed by atoms with E-state index in [1.54, 1.807) is 17.8 Å². The fourth-order valence-electron chi connectivity index (χ4n) is 2.29. The molecule has 18 heavy (non-hydrogen) atoms. The average Bonchev–Trinajstić information content (AvgIpc) is 2.67. The quantitative estimate of drug-likeness (QED) is 0.662. The highest BCUT2D eigenvalue weighted by atomic mass is 32.2. The summed E-state index contributed by atoms with van der Waals surface area (Å²) in [6.45, 7) is 0. The van der Waals surface area contributed by atoms with Gasteiger partial charge in [-0.3, -0.25) is 0 Å². The van der Waals surface area contributed by atoms with E-state index in [9.17, 15) is 8.78 Å². The summed E-state index contributed by atoms with van der Waals surface area (Å²) >= 11 is 1.59. The molecule has 0 saturated heterocycles. The summed E-state index contributed by atoms with van der Waals surface area (Å²) in [5.74, 6) is -0.929. The molecule has 1 aliphatic heterocycles. The molecule has 0 bridgehead atoms. The van der Waals surface area contributed by atoms with Crippen LogP contribution in [-0.2, 0) is 12.2 Å². The molecule has 0 radical (unpaired) electrons. The number of benzene rings is 1. The second-order valence-electron chi connectivity index (χ2n) is 4.42. The third-order valence-electron chi connectivity index (χ3n) is 3.28. The number of halogens is 2. The normalized spacial score (nSPS) is 18.1. The molecule has 1 heterocycles. The van der Waals surface area contributed by atoms with E-state index in [-0.39, 0.29) is 0 Å². The summed E-state index contributed by atoms with van der Waals surface area (Å²) in [6, 6.07) is 2.94. The van der Waals surface area contributed by atoms with Crippen LogP contribution in [0.25, 0.3) is 0 Å². The van der Waals surface area contributed by atoms with E-state index >= 15 is 0 Å². The van der Waals surface area contributed by atoms with E-state index in [1.165, 1.54) is 16.5 Å². The summed E-state index contributed by atoms with van der Waals surface area (Å²) in [5.41, 5.74) is 2.72. The van der Waals surface area contributed by atoms with E-state index in [0.717, 1.165) is 12.0 Å². The highest BCUT2D eigenvalue weighted by molar-refractivity contribution is 8.02. The molecule has 0 aromatic heterocycles. The summed E-state index contributed by atoms with van der Waals surface area (Å²) in [6.07, 6.45) is 9.79. The van der Waals surface area contributed by atoms with Crippen molar-refractivity contribution < 1.29 is 8.78 Å². The molecule has 0 saturated carbocycles. The maximum Gasteiger partial charge on any atom is 0.163 e. The van der Waals surface area contributed by atoms with Crippen molar-refractivity contribution in [1.82, 2.24) is 0 Å². The Balaban J connectivity index is 2.04. The molecule has 1 aromatic rings. The monoisotopic (exact) mass is 262 g/mol. The van der Waals surface area contributed by atoms with E-state index in [4.69, 9.17) is 0 Å². The molecule has 0 N–H and O–H groups in total. The second kappa shape index (κ2) is 4.73. The van der Waals surface area contributed by atoms with E-state index in [2.05, 4.69) is 12.2 Å². The molecule has 0 amide bonds. The smallest absolute Gasteiger partial charge is 0.163 e. The van der Waals surface area contributed by atoms with Gasteiger partial charge in [0.1, 0.15) is 0 Å². The maximum absolute atomic E-state index is 13.8. The Hall–Kier alpha value is -1.35. The third-order valence-corrected chi connectivity index (χ3v) is 4.45. The number of rotatable bonds is 0. The fraction of sp³-hybridized carbons (Fsp3) is 0.200. The van der Waals surface area contributed by atoms with E-state index in [1.807, 2.05) is 12.2 Å². The number of hydrogen-bond acceptors (Lipinski definition) is 1. The lowest BCUT2D eigenvalue weighted by Crippen LogP contribution is -1.99. The van der Waals surface area contributed by atoms with Gasteiger partial charge in [0, 0.05) is 16.2 Å². The van der Waals surface area contributed by atoms with Crippen molar-refractivity contribution in [3.05, 3.63) is 69.7 Å². The van der Waals surface area contributed by atoms with Crippen LogP contribution < -0.4 is 0 Å². The van der Waals surface area contributed by atoms with Crippen LogP contribution in [-0.4, -0.2) is 0 Å². The molecular formula is C15H12F2S. The average molecular weight is 262 g/mol. The molecule has 3 rings (SSSR count). The molecule has 92 valence electrons. The Kier molecular flexibility index (Phi) is 3.08. The first-order valence-electron chi connectivity index (χ1n) is 5.89. The first-order valence-corrected chi connectivity index (χ1v) is 6.88. The first kappa shape index (κ1) is 11.7. The molecule has 2 aliphatic rings. The summed E-state index contributed by atoms with van der Waals surface area (Å²) in [5, 5.41) is 0. The molecule has 0 spiro atoms. The highest BCUT2D eigenvalue weighted by Gasteiger charge is 2.19. The van der Waals surface area contributed by atoms with Crippen molar-refractivity contribution in [2.24, 2.45) is 0 Å². The first-order chi connectivity index (χ1) is 8.75. The van der Waals surface area contributed by atoms with Crippen LogP contribution in [0.3, 0.4) is 0 Å². The minimum Gasteiger partial charge on any atom is -0.204 e. The van der Waals surface area contributed by atoms with Gasteiger partial charge in [-0.1, -0.05) is 24.3 Å². The number of hydrogen-bond donors (Lipinski definition) is 0. The van der Waals surface area contributed by atoms with Gasteiger partial charge < -0.3 is 0 Å². The summed E-state index contributed by atoms with van der Waals surface area (Å²) in [7, 11) is 0.